The van der Waals surface area contributed by atoms with Crippen LogP contribution in [0.5, 0.6) is 0 Å². The molecule has 136 valence electrons. The molecule has 5 nitrogen and oxygen atoms in total. The number of rotatable bonds is 4. The van der Waals surface area contributed by atoms with Crippen LogP contribution in [0, 0.1) is 0 Å². The normalized spacial score (nSPS) is 15.7. The molecule has 4 rings (SSSR count). The summed E-state index contributed by atoms with van der Waals surface area (Å²) in [5, 5.41) is 9.02. The predicted octanol–water partition coefficient (Wildman–Crippen LogP) is 4.65. The molecule has 0 bridgehead atoms. The van der Waals surface area contributed by atoms with E-state index in [1.807, 2.05) is 29.2 Å². The zero-order valence-corrected chi connectivity index (χ0v) is 16.2. The fraction of sp³-hybridized carbons (Fsp3) is 0.421. The summed E-state index contributed by atoms with van der Waals surface area (Å²) >= 11 is 7.80. The van der Waals surface area contributed by atoms with E-state index in [-0.39, 0.29) is 5.91 Å². The Morgan fingerprint density at radius 2 is 2.15 bits per heavy atom. The number of carbonyl (C=O) groups excluding carboxylic acids is 1. The van der Waals surface area contributed by atoms with Gasteiger partial charge in [-0.25, -0.2) is 4.98 Å². The molecule has 1 aliphatic heterocycles. The average Bonchev–Trinajstić information content (AvgIpc) is 3.28. The van der Waals surface area contributed by atoms with Crippen LogP contribution in [0.15, 0.2) is 24.3 Å². The number of fused-ring (bicyclic) bond motifs is 1. The number of nitrogens with one attached hydrogen (secondary N) is 1. The Kier molecular flexibility index (Phi) is 4.96. The third kappa shape index (κ3) is 3.48. The molecule has 0 aliphatic carbocycles. The minimum atomic E-state index is 0.0261. The van der Waals surface area contributed by atoms with E-state index < -0.39 is 0 Å². The fourth-order valence-electron chi connectivity index (χ4n) is 3.45. The van der Waals surface area contributed by atoms with Crippen molar-refractivity contribution in [2.45, 2.75) is 38.5 Å². The highest BCUT2D eigenvalue weighted by Crippen LogP contribution is 2.34. The lowest BCUT2D eigenvalue weighted by molar-refractivity contribution is 0.0707. The first-order valence-corrected chi connectivity index (χ1v) is 10.2. The van der Waals surface area contributed by atoms with Gasteiger partial charge in [-0.2, -0.15) is 5.10 Å². The van der Waals surface area contributed by atoms with E-state index in [9.17, 15) is 4.79 Å². The second-order valence-corrected chi connectivity index (χ2v) is 8.26. The molecule has 0 saturated carbocycles. The van der Waals surface area contributed by atoms with Crippen LogP contribution in [0.1, 0.15) is 53.3 Å². The number of likely N-dealkylation sites (tertiary alicyclic amines) is 1. The highest BCUT2D eigenvalue weighted by atomic mass is 35.5. The number of nitrogens with zero attached hydrogens (tertiary/aromatic N) is 3. The van der Waals surface area contributed by atoms with Crippen molar-refractivity contribution < 1.29 is 4.79 Å². The number of amides is 1. The number of thiazole rings is 1. The molecule has 3 aromatic rings. The Labute approximate surface area is 161 Å². The van der Waals surface area contributed by atoms with Gasteiger partial charge >= 0.3 is 0 Å². The van der Waals surface area contributed by atoms with Crippen molar-refractivity contribution in [3.05, 3.63) is 45.7 Å². The number of aromatic amines is 1. The van der Waals surface area contributed by atoms with Crippen molar-refractivity contribution in [3.8, 4) is 0 Å². The van der Waals surface area contributed by atoms with Crippen molar-refractivity contribution in [1.29, 1.82) is 0 Å². The summed E-state index contributed by atoms with van der Waals surface area (Å²) in [7, 11) is 0. The first-order valence-electron chi connectivity index (χ1n) is 9.03. The van der Waals surface area contributed by atoms with Gasteiger partial charge in [-0.05, 0) is 43.5 Å². The predicted molar refractivity (Wildman–Crippen MR) is 105 cm³/mol. The molecule has 3 heterocycles. The Bertz CT molecular complexity index is 927. The third-order valence-corrected chi connectivity index (χ3v) is 6.30. The third-order valence-electron chi connectivity index (χ3n) is 4.87. The minimum absolute atomic E-state index is 0.0261. The van der Waals surface area contributed by atoms with Crippen molar-refractivity contribution in [2.75, 3.05) is 13.1 Å². The number of hydrogen-bond donors (Lipinski definition) is 1. The number of hydrogen-bond acceptors (Lipinski definition) is 4. The van der Waals surface area contributed by atoms with Gasteiger partial charge < -0.3 is 4.90 Å². The highest BCUT2D eigenvalue weighted by molar-refractivity contribution is 7.18. The Hall–Kier alpha value is -1.92. The van der Waals surface area contributed by atoms with Crippen molar-refractivity contribution in [3.63, 3.8) is 0 Å². The van der Waals surface area contributed by atoms with Crippen molar-refractivity contribution in [2.24, 2.45) is 0 Å². The molecular weight excluding hydrogens is 368 g/mol. The van der Waals surface area contributed by atoms with Gasteiger partial charge in [0.2, 0.25) is 0 Å². The average molecular weight is 389 g/mol. The van der Waals surface area contributed by atoms with Gasteiger partial charge in [-0.15, -0.1) is 11.3 Å². The number of carbonyl (C=O) groups is 1. The lowest BCUT2D eigenvalue weighted by Crippen LogP contribution is -2.38. The zero-order valence-electron chi connectivity index (χ0n) is 14.7. The zero-order chi connectivity index (χ0) is 18.1. The summed E-state index contributed by atoms with van der Waals surface area (Å²) in [4.78, 5) is 19.3. The largest absolute Gasteiger partial charge is 0.337 e. The van der Waals surface area contributed by atoms with Crippen LogP contribution >= 0.6 is 22.9 Å². The van der Waals surface area contributed by atoms with Crippen LogP contribution in [-0.4, -0.2) is 39.1 Å². The maximum atomic E-state index is 12.7. The number of halogens is 1. The van der Waals surface area contributed by atoms with Crippen LogP contribution in [0.2, 0.25) is 5.02 Å². The molecule has 2 aromatic heterocycles. The SMILES string of the molecule is CCCc1cc(C(=O)N2CCC(c3nc4cc(Cl)ccc4s3)CC2)n[nH]1. The molecule has 26 heavy (non-hydrogen) atoms. The maximum absolute atomic E-state index is 12.7. The number of aromatic nitrogens is 3. The second-order valence-electron chi connectivity index (χ2n) is 6.76. The van der Waals surface area contributed by atoms with Gasteiger partial charge in [-0.1, -0.05) is 24.9 Å². The molecule has 1 fully saturated rings. The van der Waals surface area contributed by atoms with Crippen LogP contribution in [-0.2, 0) is 6.42 Å². The highest BCUT2D eigenvalue weighted by Gasteiger charge is 2.27. The van der Waals surface area contributed by atoms with E-state index >= 15 is 0 Å². The van der Waals surface area contributed by atoms with Crippen molar-refractivity contribution in [1.82, 2.24) is 20.1 Å². The van der Waals surface area contributed by atoms with E-state index in [2.05, 4.69) is 17.1 Å². The number of aryl methyl sites for hydroxylation is 1. The van der Waals surface area contributed by atoms with Gasteiger partial charge in [0.15, 0.2) is 0 Å². The lowest BCUT2D eigenvalue weighted by atomic mass is 9.97. The summed E-state index contributed by atoms with van der Waals surface area (Å²) in [6.07, 6.45) is 3.83. The maximum Gasteiger partial charge on any atom is 0.274 e. The molecule has 1 saturated heterocycles. The summed E-state index contributed by atoms with van der Waals surface area (Å²) < 4.78 is 1.17. The molecule has 1 amide bonds. The quantitative estimate of drug-likeness (QED) is 0.707. The standard InChI is InChI=1S/C19H21ClN4OS/c1-2-3-14-11-16(23-22-14)19(25)24-8-6-12(7-9-24)18-21-15-10-13(20)4-5-17(15)26-18/h4-5,10-12H,2-3,6-9H2,1H3,(H,22,23). The Morgan fingerprint density at radius 1 is 1.35 bits per heavy atom. The lowest BCUT2D eigenvalue weighted by Gasteiger charge is -2.30. The molecule has 1 aromatic carbocycles. The van der Waals surface area contributed by atoms with Gasteiger partial charge in [0.1, 0.15) is 5.69 Å². The molecule has 7 heteroatoms. The first-order chi connectivity index (χ1) is 12.6. The van der Waals surface area contributed by atoms with Crippen molar-refractivity contribution >= 4 is 39.1 Å². The van der Waals surface area contributed by atoms with E-state index in [4.69, 9.17) is 16.6 Å². The van der Waals surface area contributed by atoms with Gasteiger partial charge in [0, 0.05) is 29.7 Å². The van der Waals surface area contributed by atoms with Crippen LogP contribution in [0.4, 0.5) is 0 Å². The van der Waals surface area contributed by atoms with E-state index in [0.29, 0.717) is 11.6 Å². The molecular formula is C19H21ClN4OS. The van der Waals surface area contributed by atoms with Crippen LogP contribution in [0.3, 0.4) is 0 Å². The second kappa shape index (κ2) is 7.37. The molecule has 0 unspecified atom stereocenters. The smallest absolute Gasteiger partial charge is 0.274 e. The molecule has 0 radical (unpaired) electrons. The van der Waals surface area contributed by atoms with Crippen LogP contribution < -0.4 is 0 Å². The number of H-pyrrole nitrogens is 1. The van der Waals surface area contributed by atoms with Gasteiger partial charge in [0.25, 0.3) is 5.91 Å². The fourth-order valence-corrected chi connectivity index (χ4v) is 4.74. The van der Waals surface area contributed by atoms with Gasteiger partial charge in [0.05, 0.1) is 15.2 Å². The topological polar surface area (TPSA) is 61.9 Å². The van der Waals surface area contributed by atoms with E-state index in [1.165, 1.54) is 4.70 Å². The van der Waals surface area contributed by atoms with Crippen LogP contribution in [0.25, 0.3) is 10.2 Å². The summed E-state index contributed by atoms with van der Waals surface area (Å²) in [5.41, 5.74) is 2.52. The Morgan fingerprint density at radius 3 is 2.92 bits per heavy atom. The van der Waals surface area contributed by atoms with Gasteiger partial charge in [-0.3, -0.25) is 9.89 Å². The molecule has 1 aliphatic rings. The molecule has 0 spiro atoms. The monoisotopic (exact) mass is 388 g/mol. The minimum Gasteiger partial charge on any atom is -0.337 e. The molecule has 1 N–H and O–H groups in total. The number of piperidine rings is 1. The van der Waals surface area contributed by atoms with E-state index in [1.54, 1.807) is 11.3 Å². The summed E-state index contributed by atoms with van der Waals surface area (Å²) in [6, 6.07) is 7.74. The number of benzene rings is 1. The molecule has 0 atom stereocenters. The Balaban J connectivity index is 1.41. The summed E-state index contributed by atoms with van der Waals surface area (Å²) in [6.45, 7) is 3.61. The van der Waals surface area contributed by atoms with E-state index in [0.717, 1.165) is 60.0 Å². The summed E-state index contributed by atoms with van der Waals surface area (Å²) in [5.74, 6) is 0.434. The first kappa shape index (κ1) is 17.5.